The number of benzene rings is 1. The number of aromatic nitrogens is 2. The molecular weight excluding hydrogens is 422 g/mol. The molecule has 0 radical (unpaired) electrons. The van der Waals surface area contributed by atoms with Gasteiger partial charge in [0.2, 0.25) is 5.89 Å². The van der Waals surface area contributed by atoms with Crippen LogP contribution in [-0.2, 0) is 0 Å². The molecule has 10 heteroatoms. The number of nitrogens with one attached hydrogen (secondary N) is 2. The maximum atomic E-state index is 14.8. The number of nitrogens with zero attached hydrogens (tertiary/aromatic N) is 1. The van der Waals surface area contributed by atoms with Crippen molar-refractivity contribution >= 4 is 30.5 Å². The normalized spacial score (nSPS) is 19.8. The summed E-state index contributed by atoms with van der Waals surface area (Å²) in [7, 11) is 0. The number of H-pyrrole nitrogens is 1. The van der Waals surface area contributed by atoms with Gasteiger partial charge in [-0.15, -0.1) is 29.9 Å². The first-order valence-corrected chi connectivity index (χ1v) is 9.41. The van der Waals surface area contributed by atoms with Crippen molar-refractivity contribution < 1.29 is 13.5 Å². The van der Waals surface area contributed by atoms with Crippen molar-refractivity contribution in [2.24, 2.45) is 11.7 Å². The Kier molecular flexibility index (Phi) is 9.45. The van der Waals surface area contributed by atoms with Crippen molar-refractivity contribution in [2.45, 2.75) is 64.6 Å². The van der Waals surface area contributed by atoms with Crippen LogP contribution in [0.2, 0.25) is 0 Å². The van der Waals surface area contributed by atoms with E-state index in [9.17, 15) is 9.18 Å². The van der Waals surface area contributed by atoms with Crippen molar-refractivity contribution in [2.75, 3.05) is 5.32 Å². The molecule has 0 spiro atoms. The van der Waals surface area contributed by atoms with Gasteiger partial charge in [0.1, 0.15) is 0 Å². The van der Waals surface area contributed by atoms with Crippen LogP contribution < -0.4 is 21.5 Å². The summed E-state index contributed by atoms with van der Waals surface area (Å²) in [6.07, 6.45) is 3.88. The quantitative estimate of drug-likeness (QED) is 0.610. The summed E-state index contributed by atoms with van der Waals surface area (Å²) in [6, 6.07) is 3.35. The summed E-state index contributed by atoms with van der Waals surface area (Å²) < 4.78 is 25.4. The molecule has 0 amide bonds. The summed E-state index contributed by atoms with van der Waals surface area (Å²) in [4.78, 5) is 11.2. The first kappa shape index (κ1) is 25.3. The molecule has 29 heavy (non-hydrogen) atoms. The van der Waals surface area contributed by atoms with Gasteiger partial charge in [-0.2, -0.15) is 0 Å². The zero-order valence-corrected chi connectivity index (χ0v) is 18.4. The second-order valence-corrected chi connectivity index (χ2v) is 7.53. The average molecular weight is 451 g/mol. The maximum absolute atomic E-state index is 14.8. The van der Waals surface area contributed by atoms with Gasteiger partial charge in [-0.3, -0.25) is 0 Å². The van der Waals surface area contributed by atoms with E-state index in [0.717, 1.165) is 25.7 Å². The van der Waals surface area contributed by atoms with Crippen LogP contribution >= 0.6 is 24.8 Å². The van der Waals surface area contributed by atoms with E-state index in [0.29, 0.717) is 17.2 Å². The number of hydrogen-bond acceptors (Lipinski definition) is 6. The lowest BCUT2D eigenvalue weighted by molar-refractivity contribution is 0.232. The fourth-order valence-corrected chi connectivity index (χ4v) is 3.54. The third kappa shape index (κ3) is 6.35. The van der Waals surface area contributed by atoms with Crippen molar-refractivity contribution in [3.05, 3.63) is 28.5 Å². The van der Waals surface area contributed by atoms with E-state index < -0.39 is 11.6 Å². The van der Waals surface area contributed by atoms with Crippen LogP contribution in [0.15, 0.2) is 21.3 Å². The van der Waals surface area contributed by atoms with E-state index in [2.05, 4.69) is 22.4 Å². The van der Waals surface area contributed by atoms with Gasteiger partial charge in [0, 0.05) is 17.6 Å². The van der Waals surface area contributed by atoms with Crippen LogP contribution in [0.1, 0.15) is 46.5 Å². The lowest BCUT2D eigenvalue weighted by atomic mass is 9.82. The highest BCUT2D eigenvalue weighted by Gasteiger charge is 2.25. The highest BCUT2D eigenvalue weighted by atomic mass is 35.5. The molecular formula is C19H29Cl2FN4O3. The van der Waals surface area contributed by atoms with Gasteiger partial charge in [0.15, 0.2) is 11.6 Å². The monoisotopic (exact) mass is 450 g/mol. The predicted molar refractivity (Wildman–Crippen MR) is 116 cm³/mol. The molecule has 0 bridgehead atoms. The highest BCUT2D eigenvalue weighted by molar-refractivity contribution is 5.85. The first-order valence-electron chi connectivity index (χ1n) is 9.41. The number of aromatic amines is 1. The van der Waals surface area contributed by atoms with Crippen LogP contribution in [0.25, 0.3) is 11.5 Å². The minimum atomic E-state index is -0.686. The van der Waals surface area contributed by atoms with Gasteiger partial charge in [0.25, 0.3) is 0 Å². The summed E-state index contributed by atoms with van der Waals surface area (Å²) in [5.41, 5.74) is 6.88. The highest BCUT2D eigenvalue weighted by Crippen LogP contribution is 2.36. The fourth-order valence-electron chi connectivity index (χ4n) is 3.54. The van der Waals surface area contributed by atoms with Crippen LogP contribution in [0.3, 0.4) is 0 Å². The molecule has 1 aromatic carbocycles. The lowest BCUT2D eigenvalue weighted by Gasteiger charge is -2.32. The van der Waals surface area contributed by atoms with Gasteiger partial charge in [-0.05, 0) is 64.5 Å². The van der Waals surface area contributed by atoms with Crippen molar-refractivity contribution in [1.82, 2.24) is 10.2 Å². The minimum Gasteiger partial charge on any atom is -0.486 e. The van der Waals surface area contributed by atoms with Crippen molar-refractivity contribution in [3.63, 3.8) is 0 Å². The molecule has 1 atom stereocenters. The molecule has 0 aliphatic heterocycles. The summed E-state index contributed by atoms with van der Waals surface area (Å²) in [5, 5.41) is 9.37. The fraction of sp³-hybridized carbons (Fsp3) is 0.579. The minimum absolute atomic E-state index is 0. The van der Waals surface area contributed by atoms with E-state index >= 15 is 0 Å². The number of anilines is 1. The van der Waals surface area contributed by atoms with Crippen LogP contribution in [0.4, 0.5) is 10.1 Å². The smallest absolute Gasteiger partial charge is 0.434 e. The Bertz CT molecular complexity index is 835. The summed E-state index contributed by atoms with van der Waals surface area (Å²) in [5.74, 6) is -0.575. The molecule has 2 aromatic rings. The Morgan fingerprint density at radius 2 is 1.90 bits per heavy atom. The van der Waals surface area contributed by atoms with E-state index in [1.807, 2.05) is 13.8 Å². The standard InChI is InChI=1S/C19H27FN4O3.2ClH/c1-10(2)26-17-15(20)8-13(18-23-24-19(25)27-18)9-16(17)22-11(3)12-4-6-14(21)7-5-12;;/h8-12,14,22H,4-7,21H2,1-3H3,(H,24,25);2*1H/t11-,12?,14?;;/m0../s1. The Hall–Kier alpha value is -1.77. The second kappa shape index (κ2) is 10.8. The second-order valence-electron chi connectivity index (χ2n) is 7.53. The third-order valence-electron chi connectivity index (χ3n) is 4.99. The molecule has 1 aromatic heterocycles. The Morgan fingerprint density at radius 1 is 1.24 bits per heavy atom. The zero-order chi connectivity index (χ0) is 19.6. The molecule has 1 heterocycles. The number of hydrogen-bond donors (Lipinski definition) is 3. The number of ether oxygens (including phenoxy) is 1. The largest absolute Gasteiger partial charge is 0.486 e. The predicted octanol–water partition coefficient (Wildman–Crippen LogP) is 4.12. The average Bonchev–Trinajstić information content (AvgIpc) is 3.04. The van der Waals surface area contributed by atoms with Crippen LogP contribution in [0.5, 0.6) is 5.75 Å². The lowest BCUT2D eigenvalue weighted by Crippen LogP contribution is -2.34. The first-order chi connectivity index (χ1) is 12.8. The summed E-state index contributed by atoms with van der Waals surface area (Å²) >= 11 is 0. The van der Waals surface area contributed by atoms with Gasteiger partial charge in [-0.1, -0.05) is 0 Å². The Morgan fingerprint density at radius 3 is 2.45 bits per heavy atom. The van der Waals surface area contributed by atoms with Gasteiger partial charge in [-0.25, -0.2) is 14.3 Å². The molecule has 0 saturated heterocycles. The number of nitrogens with two attached hydrogens (primary N) is 1. The van der Waals surface area contributed by atoms with Crippen molar-refractivity contribution in [1.29, 1.82) is 0 Å². The maximum Gasteiger partial charge on any atom is 0.434 e. The number of rotatable bonds is 6. The van der Waals surface area contributed by atoms with E-state index in [-0.39, 0.29) is 54.6 Å². The molecule has 4 N–H and O–H groups in total. The topological polar surface area (TPSA) is 106 Å². The molecule has 0 unspecified atom stereocenters. The van der Waals surface area contributed by atoms with Crippen molar-refractivity contribution in [3.8, 4) is 17.2 Å². The molecule has 3 rings (SSSR count). The SMILES string of the molecule is CC(C)Oc1c(F)cc(-c2n[nH]c(=O)o2)cc1N[C@@H](C)C1CCC(N)CC1.Cl.Cl. The van der Waals surface area contributed by atoms with Gasteiger partial charge >= 0.3 is 5.76 Å². The molecule has 7 nitrogen and oxygen atoms in total. The zero-order valence-electron chi connectivity index (χ0n) is 16.7. The van der Waals surface area contributed by atoms with Crippen LogP contribution in [-0.4, -0.2) is 28.4 Å². The van der Waals surface area contributed by atoms with E-state index in [1.54, 1.807) is 6.07 Å². The Balaban J connectivity index is 0.00000210. The van der Waals surface area contributed by atoms with Gasteiger partial charge in [0.05, 0.1) is 11.8 Å². The van der Waals surface area contributed by atoms with E-state index in [4.69, 9.17) is 14.9 Å². The molecule has 1 saturated carbocycles. The number of halogens is 3. The Labute approximate surface area is 181 Å². The molecule has 1 fully saturated rings. The summed E-state index contributed by atoms with van der Waals surface area (Å²) in [6.45, 7) is 5.77. The third-order valence-corrected chi connectivity index (χ3v) is 4.99. The van der Waals surface area contributed by atoms with Gasteiger partial charge < -0.3 is 20.2 Å². The van der Waals surface area contributed by atoms with Crippen LogP contribution in [0, 0.1) is 11.7 Å². The van der Waals surface area contributed by atoms with E-state index in [1.165, 1.54) is 6.07 Å². The molecule has 164 valence electrons. The molecule has 1 aliphatic carbocycles. The molecule has 1 aliphatic rings.